The second kappa shape index (κ2) is 13.3. The van der Waals surface area contributed by atoms with E-state index in [1.54, 1.807) is 18.4 Å². The molecule has 1 saturated carbocycles. The van der Waals surface area contributed by atoms with Crippen LogP contribution >= 0.6 is 35.3 Å². The summed E-state index contributed by atoms with van der Waals surface area (Å²) in [5.41, 5.74) is 1.13. The van der Waals surface area contributed by atoms with E-state index in [1.165, 1.54) is 32.1 Å². The van der Waals surface area contributed by atoms with Gasteiger partial charge in [-0.3, -0.25) is 9.79 Å². The maximum atomic E-state index is 12.0. The molecule has 1 aromatic rings. The first-order valence-electron chi connectivity index (χ1n) is 9.74. The quantitative estimate of drug-likeness (QED) is 0.217. The Labute approximate surface area is 184 Å². The highest BCUT2D eigenvalue weighted by atomic mass is 127. The van der Waals surface area contributed by atoms with E-state index < -0.39 is 0 Å². The number of rotatable bonds is 8. The first kappa shape index (κ1) is 24.1. The largest absolute Gasteiger partial charge is 0.355 e. The molecule has 0 unspecified atom stereocenters. The predicted octanol–water partition coefficient (Wildman–Crippen LogP) is 3.64. The van der Waals surface area contributed by atoms with Crippen molar-refractivity contribution in [2.24, 2.45) is 10.9 Å². The van der Waals surface area contributed by atoms with Gasteiger partial charge in [-0.05, 0) is 24.7 Å². The van der Waals surface area contributed by atoms with Gasteiger partial charge in [-0.15, -0.1) is 35.3 Å². The van der Waals surface area contributed by atoms with Gasteiger partial charge >= 0.3 is 0 Å². The number of thiazole rings is 1. The van der Waals surface area contributed by atoms with Crippen molar-refractivity contribution in [1.82, 2.24) is 20.9 Å². The van der Waals surface area contributed by atoms with Gasteiger partial charge in [0.15, 0.2) is 5.96 Å². The number of nitrogens with zero attached hydrogens (tertiary/aromatic N) is 2. The average Bonchev–Trinajstić information content (AvgIpc) is 3.11. The summed E-state index contributed by atoms with van der Waals surface area (Å²) >= 11 is 1.67. The molecule has 0 saturated heterocycles. The maximum absolute atomic E-state index is 12.0. The predicted molar refractivity (Wildman–Crippen MR) is 124 cm³/mol. The van der Waals surface area contributed by atoms with Crippen molar-refractivity contribution < 1.29 is 4.79 Å². The molecule has 6 nitrogen and oxygen atoms in total. The summed E-state index contributed by atoms with van der Waals surface area (Å²) in [6.07, 6.45) is 6.97. The molecule has 3 N–H and O–H groups in total. The normalized spacial score (nSPS) is 15.3. The molecule has 154 valence electrons. The van der Waals surface area contributed by atoms with Crippen molar-refractivity contribution in [3.63, 3.8) is 0 Å². The standard InChI is InChI=1S/C19H33N5OS.HI/c1-14(2)16-13-26-18(24-16)12-23-19(20-3)22-10-9-21-17(25)11-15-7-5-4-6-8-15;/h13-15H,4-12H2,1-3H3,(H,21,25)(H2,20,22,23);1H. The SMILES string of the molecule is CN=C(NCCNC(=O)CC1CCCCC1)NCc1nc(C(C)C)cs1.I. The summed E-state index contributed by atoms with van der Waals surface area (Å²) < 4.78 is 0. The molecule has 1 aliphatic carbocycles. The highest BCUT2D eigenvalue weighted by molar-refractivity contribution is 14.0. The van der Waals surface area contributed by atoms with Crippen LogP contribution in [0.4, 0.5) is 0 Å². The lowest BCUT2D eigenvalue weighted by Gasteiger charge is -2.20. The van der Waals surface area contributed by atoms with Crippen LogP contribution in [-0.2, 0) is 11.3 Å². The van der Waals surface area contributed by atoms with Gasteiger partial charge in [-0.2, -0.15) is 0 Å². The lowest BCUT2D eigenvalue weighted by molar-refractivity contribution is -0.122. The second-order valence-corrected chi connectivity index (χ2v) is 8.17. The lowest BCUT2D eigenvalue weighted by atomic mass is 9.87. The molecule has 1 heterocycles. The minimum atomic E-state index is 0. The van der Waals surface area contributed by atoms with Crippen LogP contribution < -0.4 is 16.0 Å². The molecular formula is C19H34IN5OS. The number of nitrogens with one attached hydrogen (secondary N) is 3. The molecule has 0 aromatic carbocycles. The van der Waals surface area contributed by atoms with Crippen molar-refractivity contribution in [3.05, 3.63) is 16.1 Å². The van der Waals surface area contributed by atoms with Gasteiger partial charge in [0.2, 0.25) is 5.91 Å². The number of amides is 1. The van der Waals surface area contributed by atoms with E-state index in [2.05, 4.69) is 45.2 Å². The zero-order valence-electron chi connectivity index (χ0n) is 16.7. The number of aliphatic imine (C=N–C) groups is 1. The molecule has 1 amide bonds. The van der Waals surface area contributed by atoms with Crippen molar-refractivity contribution >= 4 is 47.2 Å². The highest BCUT2D eigenvalue weighted by Gasteiger charge is 2.16. The number of carbonyl (C=O) groups excluding carboxylic acids is 1. The Morgan fingerprint density at radius 3 is 2.56 bits per heavy atom. The molecule has 1 fully saturated rings. The molecular weight excluding hydrogens is 473 g/mol. The molecule has 8 heteroatoms. The number of halogens is 1. The van der Waals surface area contributed by atoms with Gasteiger partial charge in [-0.1, -0.05) is 33.1 Å². The zero-order valence-corrected chi connectivity index (χ0v) is 19.9. The van der Waals surface area contributed by atoms with E-state index in [4.69, 9.17) is 0 Å². The second-order valence-electron chi connectivity index (χ2n) is 7.23. The van der Waals surface area contributed by atoms with Crippen LogP contribution in [0, 0.1) is 5.92 Å². The van der Waals surface area contributed by atoms with Gasteiger partial charge in [0.05, 0.1) is 12.2 Å². The van der Waals surface area contributed by atoms with E-state index in [-0.39, 0.29) is 29.9 Å². The van der Waals surface area contributed by atoms with Crippen LogP contribution in [0.25, 0.3) is 0 Å². The zero-order chi connectivity index (χ0) is 18.8. The third-order valence-electron chi connectivity index (χ3n) is 4.73. The molecule has 1 aromatic heterocycles. The minimum Gasteiger partial charge on any atom is -0.355 e. The number of hydrogen-bond acceptors (Lipinski definition) is 4. The fraction of sp³-hybridized carbons (Fsp3) is 0.737. The first-order valence-corrected chi connectivity index (χ1v) is 10.6. The Morgan fingerprint density at radius 1 is 1.22 bits per heavy atom. The monoisotopic (exact) mass is 507 g/mol. The summed E-state index contributed by atoms with van der Waals surface area (Å²) in [4.78, 5) is 20.8. The van der Waals surface area contributed by atoms with Crippen molar-refractivity contribution in [2.45, 2.75) is 64.8 Å². The number of carbonyl (C=O) groups is 1. The Hall–Kier alpha value is -0.900. The lowest BCUT2D eigenvalue weighted by Crippen LogP contribution is -2.41. The third kappa shape index (κ3) is 9.23. The molecule has 2 rings (SSSR count). The molecule has 0 bridgehead atoms. The number of aromatic nitrogens is 1. The molecule has 0 radical (unpaired) electrons. The number of guanidine groups is 1. The fourth-order valence-corrected chi connectivity index (χ4v) is 4.06. The van der Waals surface area contributed by atoms with Gasteiger partial charge in [-0.25, -0.2) is 4.98 Å². The van der Waals surface area contributed by atoms with E-state index >= 15 is 0 Å². The Morgan fingerprint density at radius 2 is 1.93 bits per heavy atom. The first-order chi connectivity index (χ1) is 12.6. The Bertz CT molecular complexity index is 584. The van der Waals surface area contributed by atoms with E-state index in [9.17, 15) is 4.79 Å². The maximum Gasteiger partial charge on any atom is 0.220 e. The summed E-state index contributed by atoms with van der Waals surface area (Å²) in [5.74, 6) is 1.94. The van der Waals surface area contributed by atoms with Crippen LogP contribution in [0.15, 0.2) is 10.4 Å². The summed E-state index contributed by atoms with van der Waals surface area (Å²) in [6, 6.07) is 0. The minimum absolute atomic E-state index is 0. The van der Waals surface area contributed by atoms with Gasteiger partial charge in [0.1, 0.15) is 5.01 Å². The molecule has 0 aliphatic heterocycles. The van der Waals surface area contributed by atoms with Crippen molar-refractivity contribution in [1.29, 1.82) is 0 Å². The van der Waals surface area contributed by atoms with Crippen LogP contribution in [0.1, 0.15) is 69.0 Å². The topological polar surface area (TPSA) is 78.4 Å². The summed E-state index contributed by atoms with van der Waals surface area (Å²) in [6.45, 7) is 6.22. The Kier molecular flexibility index (Phi) is 11.9. The van der Waals surface area contributed by atoms with E-state index in [0.29, 0.717) is 37.9 Å². The van der Waals surface area contributed by atoms with Crippen molar-refractivity contribution in [3.8, 4) is 0 Å². The average molecular weight is 507 g/mol. The van der Waals surface area contributed by atoms with Crippen LogP contribution in [-0.4, -0.2) is 37.0 Å². The summed E-state index contributed by atoms with van der Waals surface area (Å²) in [5, 5.41) is 12.7. The molecule has 27 heavy (non-hydrogen) atoms. The van der Waals surface area contributed by atoms with Crippen LogP contribution in [0.3, 0.4) is 0 Å². The van der Waals surface area contributed by atoms with Crippen LogP contribution in [0.5, 0.6) is 0 Å². The highest BCUT2D eigenvalue weighted by Crippen LogP contribution is 2.25. The Balaban J connectivity index is 0.00000364. The fourth-order valence-electron chi connectivity index (χ4n) is 3.16. The number of hydrogen-bond donors (Lipinski definition) is 3. The molecule has 0 spiro atoms. The van der Waals surface area contributed by atoms with Crippen molar-refractivity contribution in [2.75, 3.05) is 20.1 Å². The smallest absolute Gasteiger partial charge is 0.220 e. The van der Waals surface area contributed by atoms with Gasteiger partial charge in [0, 0.05) is 31.9 Å². The third-order valence-corrected chi connectivity index (χ3v) is 5.60. The van der Waals surface area contributed by atoms with Crippen LogP contribution in [0.2, 0.25) is 0 Å². The van der Waals surface area contributed by atoms with E-state index in [1.807, 2.05) is 0 Å². The molecule has 1 aliphatic rings. The summed E-state index contributed by atoms with van der Waals surface area (Å²) in [7, 11) is 1.75. The van der Waals surface area contributed by atoms with E-state index in [0.717, 1.165) is 16.7 Å². The molecule has 0 atom stereocenters. The van der Waals surface area contributed by atoms with Gasteiger partial charge < -0.3 is 16.0 Å². The van der Waals surface area contributed by atoms with Gasteiger partial charge in [0.25, 0.3) is 0 Å².